The van der Waals surface area contributed by atoms with Crippen LogP contribution >= 0.6 is 23.2 Å². The molecule has 6 amide bonds. The van der Waals surface area contributed by atoms with Crippen LogP contribution in [0.25, 0.3) is 0 Å². The Morgan fingerprint density at radius 3 is 1.20 bits per heavy atom. The van der Waals surface area contributed by atoms with Gasteiger partial charge in [-0.15, -0.1) is 23.2 Å². The number of aliphatic hydroxyl groups excluding tert-OH is 1. The summed E-state index contributed by atoms with van der Waals surface area (Å²) in [4.78, 5) is 99.2. The maximum Gasteiger partial charge on any atom is 0.410 e. The maximum atomic E-state index is 12.7. The minimum atomic E-state index is -0.523. The molecule has 2 aromatic heterocycles. The van der Waals surface area contributed by atoms with Crippen LogP contribution in [0.5, 0.6) is 0 Å². The van der Waals surface area contributed by atoms with Gasteiger partial charge in [0.1, 0.15) is 41.9 Å². The zero-order valence-electron chi connectivity index (χ0n) is 58.3. The Morgan fingerprint density at radius 1 is 0.526 bits per heavy atom. The van der Waals surface area contributed by atoms with Crippen molar-refractivity contribution in [1.29, 1.82) is 0 Å². The van der Waals surface area contributed by atoms with E-state index in [-0.39, 0.29) is 136 Å². The molecular weight excluding hydrogens is 1290 g/mol. The summed E-state index contributed by atoms with van der Waals surface area (Å²) in [5.41, 5.74) is 0.626. The van der Waals surface area contributed by atoms with Crippen LogP contribution in [-0.4, -0.2) is 243 Å². The molecule has 3 aromatic rings. The summed E-state index contributed by atoms with van der Waals surface area (Å²) >= 11 is 9.53. The van der Waals surface area contributed by atoms with Crippen molar-refractivity contribution in [2.75, 3.05) is 84.1 Å². The van der Waals surface area contributed by atoms with E-state index in [0.29, 0.717) is 50.7 Å². The number of carbonyl (C=O) groups excluding carboxylic acids is 7. The lowest BCUT2D eigenvalue weighted by Gasteiger charge is -2.45. The van der Waals surface area contributed by atoms with Crippen molar-refractivity contribution in [2.45, 2.75) is 249 Å². The first-order valence-corrected chi connectivity index (χ1v) is 34.4. The molecule has 0 radical (unpaired) electrons. The quantitative estimate of drug-likeness (QED) is 0.157. The third-order valence-electron chi connectivity index (χ3n) is 16.8. The lowest BCUT2D eigenvalue weighted by molar-refractivity contribution is -0.149. The largest absolute Gasteiger partial charge is 0.470 e. The number of nitrogens with one attached hydrogen (secondary N) is 1. The maximum absolute atomic E-state index is 12.7. The van der Waals surface area contributed by atoms with Gasteiger partial charge in [0.05, 0.1) is 17.9 Å². The monoisotopic (exact) mass is 1410 g/mol. The molecule has 10 rings (SSSR count). The molecular formula is C72H120Cl2N8O15. The molecule has 2 N–H and O–H groups in total. The Kier molecular flexibility index (Phi) is 37.5. The number of carbonyl (C=O) groups is 7. The highest BCUT2D eigenvalue weighted by Gasteiger charge is 2.42. The first kappa shape index (κ1) is 87.3. The van der Waals surface area contributed by atoms with Gasteiger partial charge >= 0.3 is 12.2 Å². The number of benzene rings is 1. The number of halogens is 2. The number of ether oxygens (including phenoxy) is 5. The van der Waals surface area contributed by atoms with E-state index in [9.17, 15) is 33.6 Å². The van der Waals surface area contributed by atoms with Crippen LogP contribution in [-0.2, 0) is 44.6 Å². The number of Topliss-reactive ketones (excluding diaryl/α,β-unsaturated/α-hetero) is 1. The van der Waals surface area contributed by atoms with Crippen molar-refractivity contribution in [2.24, 2.45) is 0 Å². The number of furan rings is 2. The van der Waals surface area contributed by atoms with Gasteiger partial charge in [-0.25, -0.2) is 9.59 Å². The van der Waals surface area contributed by atoms with Crippen molar-refractivity contribution in [1.82, 2.24) is 39.6 Å². The van der Waals surface area contributed by atoms with E-state index in [1.165, 1.54) is 6.26 Å². The Balaban J connectivity index is 0.000000421. The van der Waals surface area contributed by atoms with Crippen molar-refractivity contribution in [3.63, 3.8) is 0 Å². The predicted octanol–water partition coefficient (Wildman–Crippen LogP) is 11.5. The van der Waals surface area contributed by atoms with E-state index < -0.39 is 17.8 Å². The topological polar surface area (TPSA) is 247 Å². The first-order chi connectivity index (χ1) is 44.4. The van der Waals surface area contributed by atoms with Crippen LogP contribution in [0.15, 0.2) is 69.9 Å². The van der Waals surface area contributed by atoms with Gasteiger partial charge in [0.2, 0.25) is 0 Å². The number of nitrogens with zero attached hydrogens (tertiary/aromatic N) is 7. The molecule has 7 saturated heterocycles. The van der Waals surface area contributed by atoms with Gasteiger partial charge in [0.25, 0.3) is 23.6 Å². The molecule has 0 bridgehead atoms. The lowest BCUT2D eigenvalue weighted by Crippen LogP contribution is -2.61. The standard InChI is InChI=1S/C20H28N2O4.C16H28N2O4.C16H24N2O4.C11H20N2O2.C5H6O.CH2Cl2.3CH4/c1-14-10-21(12-16-5-7-17(8-6-16)18(24)13-23)11-15(2)22(14)20(25)19-4-3-9-26-19;2*1-11-9-17(15(20)22-16(3,4)5)10-12(2)18(11)14(19)13-7-6-8-21-13;1-8-6-12-7-9(2)13(8)11(14)10-4-3-5-15-10;1-5-3-2-4-6-5;2-1-3;;;/h5-8,14-15,19,23H,3-4,9-13H2,1-2H3;11-13H,6-10H2,1-5H3;6-8,11-12H,9-10H2,1-5H3;8-10,12H,3-7H2,1-2H3;2-4H,1H3;1H2;3*1H4/t14-,15+,19?;11-,12+,13?;11-,12+;8-,9+,10?;;;;;. The van der Waals surface area contributed by atoms with Crippen LogP contribution < -0.4 is 5.32 Å². The normalized spacial score (nSPS) is 25.5. The summed E-state index contributed by atoms with van der Waals surface area (Å²) in [6.45, 7) is 36.9. The van der Waals surface area contributed by atoms with E-state index in [1.54, 1.807) is 45.2 Å². The number of ketones is 1. The second-order valence-corrected chi connectivity index (χ2v) is 28.3. The van der Waals surface area contributed by atoms with Gasteiger partial charge in [0.15, 0.2) is 11.5 Å². The van der Waals surface area contributed by atoms with E-state index >= 15 is 0 Å². The number of alkyl halides is 2. The zero-order chi connectivity index (χ0) is 69.6. The minimum Gasteiger partial charge on any atom is -0.470 e. The lowest BCUT2D eigenvalue weighted by atomic mass is 10.0. The first-order valence-electron chi connectivity index (χ1n) is 33.3. The summed E-state index contributed by atoms with van der Waals surface area (Å²) in [7, 11) is 0. The molecule has 7 fully saturated rings. The SMILES string of the molecule is C.C.C.C[C@@H]1CN(C(=O)OC(C)(C)C)C[C@H](C)N1C(=O)C1CCCO1.C[C@@H]1CN(C(=O)OC(C)(C)C)C[C@H](C)N1C(=O)c1ccco1.C[C@@H]1CN(Cc2ccc(C(=O)CO)cc2)C[C@H](C)N1C(=O)C1CCCO1.C[C@@H]1CNC[C@H](C)N1C(=O)C1CCCO1.Cc1ccco1.ClCCl. The summed E-state index contributed by atoms with van der Waals surface area (Å²) in [5, 5.41) is 12.4. The Labute approximate surface area is 589 Å². The van der Waals surface area contributed by atoms with Gasteiger partial charge in [-0.2, -0.15) is 0 Å². The molecule has 7 aliphatic rings. The molecule has 9 heterocycles. The molecule has 0 spiro atoms. The smallest absolute Gasteiger partial charge is 0.410 e. The average Bonchev–Trinajstić information content (AvgIpc) is 1.23. The number of aryl methyl sites for hydroxylation is 1. The summed E-state index contributed by atoms with van der Waals surface area (Å²) in [6.07, 6.45) is 7.20. The molecule has 3 unspecified atom stereocenters. The third kappa shape index (κ3) is 27.0. The molecule has 1 aromatic carbocycles. The van der Waals surface area contributed by atoms with Gasteiger partial charge < -0.3 is 72.3 Å². The van der Waals surface area contributed by atoms with E-state index in [1.807, 2.05) is 115 Å². The number of hydrogen-bond donors (Lipinski definition) is 2. The number of aliphatic hydroxyl groups is 1. The highest BCUT2D eigenvalue weighted by Crippen LogP contribution is 2.27. The fraction of sp³-hybridized carbons (Fsp3) is 0.708. The van der Waals surface area contributed by atoms with Crippen LogP contribution in [0.2, 0.25) is 0 Å². The Bertz CT molecular complexity index is 2760. The van der Waals surface area contributed by atoms with Gasteiger partial charge in [-0.05, 0) is 172 Å². The number of hydrogen-bond acceptors (Lipinski definition) is 17. The summed E-state index contributed by atoms with van der Waals surface area (Å²) in [5.74, 6) is 1.26. The number of amides is 6. The van der Waals surface area contributed by atoms with Crippen LogP contribution in [0.4, 0.5) is 9.59 Å². The van der Waals surface area contributed by atoms with E-state index in [0.717, 1.165) is 89.2 Å². The summed E-state index contributed by atoms with van der Waals surface area (Å²) < 4.78 is 37.4. The summed E-state index contributed by atoms with van der Waals surface area (Å²) in [6, 6.07) is 15.1. The zero-order valence-corrected chi connectivity index (χ0v) is 59.8. The second-order valence-electron chi connectivity index (χ2n) is 27.4. The highest BCUT2D eigenvalue weighted by molar-refractivity contribution is 6.40. The van der Waals surface area contributed by atoms with E-state index in [4.69, 9.17) is 60.8 Å². The average molecular weight is 1410 g/mol. The van der Waals surface area contributed by atoms with Gasteiger partial charge in [-0.3, -0.25) is 28.9 Å². The molecule has 97 heavy (non-hydrogen) atoms. The van der Waals surface area contributed by atoms with Crippen molar-refractivity contribution in [3.05, 3.63) is 83.7 Å². The van der Waals surface area contributed by atoms with E-state index in [2.05, 4.69) is 37.9 Å². The van der Waals surface area contributed by atoms with Crippen molar-refractivity contribution in [3.8, 4) is 0 Å². The molecule has 23 nitrogen and oxygen atoms in total. The van der Waals surface area contributed by atoms with Gasteiger partial charge in [-0.1, -0.05) is 46.5 Å². The molecule has 7 aliphatic heterocycles. The highest BCUT2D eigenvalue weighted by atomic mass is 35.5. The predicted molar refractivity (Wildman–Crippen MR) is 380 cm³/mol. The molecule has 552 valence electrons. The second kappa shape index (κ2) is 41.7. The van der Waals surface area contributed by atoms with Crippen LogP contribution in [0.3, 0.4) is 0 Å². The fourth-order valence-corrected chi connectivity index (χ4v) is 12.8. The number of piperazine rings is 4. The number of rotatable bonds is 8. The molecule has 0 saturated carbocycles. The Hall–Kier alpha value is -5.79. The molecule has 0 aliphatic carbocycles. The van der Waals surface area contributed by atoms with Crippen molar-refractivity contribution < 1.29 is 71.2 Å². The van der Waals surface area contributed by atoms with Gasteiger partial charge in [0, 0.05) is 133 Å². The minimum absolute atomic E-state index is 0. The fourth-order valence-electron chi connectivity index (χ4n) is 12.8. The van der Waals surface area contributed by atoms with Crippen LogP contribution in [0.1, 0.15) is 190 Å². The van der Waals surface area contributed by atoms with Crippen molar-refractivity contribution >= 4 is 64.8 Å². The third-order valence-corrected chi connectivity index (χ3v) is 16.8. The molecule has 11 atom stereocenters. The van der Waals surface area contributed by atoms with Crippen LogP contribution in [0, 0.1) is 6.92 Å². The molecule has 25 heteroatoms. The Morgan fingerprint density at radius 2 is 0.887 bits per heavy atom.